The Morgan fingerprint density at radius 1 is 1.00 bits per heavy atom. The van der Waals surface area contributed by atoms with Crippen LogP contribution in [0.25, 0.3) is 0 Å². The fraction of sp³-hybridized carbons (Fsp3) is 0.474. The Labute approximate surface area is 216 Å². The summed E-state index contributed by atoms with van der Waals surface area (Å²) < 4.78 is 123. The maximum Gasteiger partial charge on any atom is 0.534 e. The molecule has 1 N–H and O–H groups in total. The molecule has 0 saturated heterocycles. The Morgan fingerprint density at radius 3 is 2.08 bits per heavy atom. The number of hydrogen-bond acceptors (Lipinski definition) is 8. The smallest absolute Gasteiger partial charge is 0.355 e. The third-order valence-electron chi connectivity index (χ3n) is 5.88. The van der Waals surface area contributed by atoms with E-state index in [1.807, 2.05) is 18.2 Å². The first kappa shape index (κ1) is 29.7. The number of nitrogens with zero attached hydrogens (tertiary/aromatic N) is 2. The normalized spacial score (nSPS) is 19.6. The topological polar surface area (TPSA) is 124 Å². The molecule has 1 heterocycles. The SMILES string of the molecule is CSc1nc2c(c(OS(=O)(=O)C(F)(F)F)n1)CCC1(CCc3c(Cl)cccc31)C2.O=S(=O)(O)C(F)(F)F. The second kappa shape index (κ2) is 10.1. The van der Waals surface area contributed by atoms with Crippen molar-refractivity contribution in [3.8, 4) is 5.88 Å². The average Bonchev–Trinajstić information content (AvgIpc) is 3.10. The van der Waals surface area contributed by atoms with Crippen LogP contribution in [0.2, 0.25) is 5.02 Å². The van der Waals surface area contributed by atoms with Crippen molar-refractivity contribution in [3.63, 3.8) is 0 Å². The highest BCUT2D eigenvalue weighted by Gasteiger charge is 2.50. The predicted octanol–water partition coefficient (Wildman–Crippen LogP) is 4.85. The zero-order valence-electron chi connectivity index (χ0n) is 18.5. The largest absolute Gasteiger partial charge is 0.534 e. The highest BCUT2D eigenvalue weighted by Crippen LogP contribution is 2.50. The number of alkyl halides is 6. The van der Waals surface area contributed by atoms with Crippen molar-refractivity contribution < 1.29 is 51.9 Å². The molecule has 4 rings (SSSR count). The molecule has 2 aromatic rings. The number of aromatic nitrogens is 2. The van der Waals surface area contributed by atoms with Gasteiger partial charge in [0, 0.05) is 16.0 Å². The van der Waals surface area contributed by atoms with Crippen LogP contribution in [0.3, 0.4) is 0 Å². The average molecular weight is 615 g/mol. The first-order valence-electron chi connectivity index (χ1n) is 10.1. The van der Waals surface area contributed by atoms with E-state index in [2.05, 4.69) is 14.2 Å². The fourth-order valence-corrected chi connectivity index (χ4v) is 5.30. The summed E-state index contributed by atoms with van der Waals surface area (Å²) >= 11 is 7.45. The van der Waals surface area contributed by atoms with Gasteiger partial charge in [-0.2, -0.15) is 48.2 Å². The Balaban J connectivity index is 0.000000414. The van der Waals surface area contributed by atoms with Crippen molar-refractivity contribution in [2.75, 3.05) is 6.26 Å². The lowest BCUT2D eigenvalue weighted by Gasteiger charge is -2.35. The van der Waals surface area contributed by atoms with Crippen LogP contribution in [0, 0.1) is 0 Å². The van der Waals surface area contributed by atoms with Crippen molar-refractivity contribution in [2.45, 2.75) is 53.7 Å². The molecule has 206 valence electrons. The van der Waals surface area contributed by atoms with Crippen LogP contribution < -0.4 is 4.18 Å². The number of thioether (sulfide) groups is 1. The second-order valence-electron chi connectivity index (χ2n) is 8.07. The molecule has 0 fully saturated rings. The lowest BCUT2D eigenvalue weighted by molar-refractivity contribution is -0.0512. The van der Waals surface area contributed by atoms with Crippen LogP contribution in [-0.4, -0.2) is 48.6 Å². The number of hydrogen-bond donors (Lipinski definition) is 1. The van der Waals surface area contributed by atoms with E-state index in [0.717, 1.165) is 35.7 Å². The van der Waals surface area contributed by atoms with Crippen LogP contribution >= 0.6 is 23.4 Å². The molecule has 0 aliphatic heterocycles. The number of benzene rings is 1. The van der Waals surface area contributed by atoms with Gasteiger partial charge in [0.2, 0.25) is 5.88 Å². The highest BCUT2D eigenvalue weighted by atomic mass is 35.5. The zero-order chi connectivity index (χ0) is 28.0. The van der Waals surface area contributed by atoms with Gasteiger partial charge in [0.25, 0.3) is 0 Å². The molecule has 0 radical (unpaired) electrons. The summed E-state index contributed by atoms with van der Waals surface area (Å²) in [7, 11) is -11.6. The maximum absolute atomic E-state index is 12.8. The predicted molar refractivity (Wildman–Crippen MR) is 120 cm³/mol. The summed E-state index contributed by atoms with van der Waals surface area (Å²) in [4.78, 5) is 8.37. The summed E-state index contributed by atoms with van der Waals surface area (Å²) in [5, 5.41) is 0.871. The summed E-state index contributed by atoms with van der Waals surface area (Å²) in [6.45, 7) is 0. The van der Waals surface area contributed by atoms with Crippen LogP contribution in [-0.2, 0) is 44.9 Å². The summed E-state index contributed by atoms with van der Waals surface area (Å²) in [6.07, 6.45) is 4.73. The van der Waals surface area contributed by atoms with E-state index >= 15 is 0 Å². The molecule has 0 amide bonds. The van der Waals surface area contributed by atoms with E-state index in [9.17, 15) is 34.8 Å². The number of rotatable bonds is 3. The zero-order valence-corrected chi connectivity index (χ0v) is 21.7. The quantitative estimate of drug-likeness (QED) is 0.129. The Morgan fingerprint density at radius 2 is 1.57 bits per heavy atom. The molecule has 2 aliphatic rings. The van der Waals surface area contributed by atoms with Gasteiger partial charge < -0.3 is 4.18 Å². The standard InChI is InChI=1S/C18H16ClF3N2O3S2.CHF3O3S/c1-28-16-23-14-9-17(7-5-10-12(17)3-2-4-13(10)19)8-6-11(14)15(24-16)27-29(25,26)18(20,21)22;2-1(3,4)8(5,6)7/h2-4H,5-9H2,1H3;(H,5,6,7). The van der Waals surface area contributed by atoms with E-state index in [0.29, 0.717) is 35.5 Å². The maximum atomic E-state index is 12.8. The molecule has 1 spiro atoms. The van der Waals surface area contributed by atoms with Crippen LogP contribution in [0.4, 0.5) is 26.3 Å². The van der Waals surface area contributed by atoms with E-state index in [-0.39, 0.29) is 10.6 Å². The van der Waals surface area contributed by atoms with E-state index in [1.165, 1.54) is 0 Å². The Hall–Kier alpha value is -1.82. The van der Waals surface area contributed by atoms with Gasteiger partial charge in [-0.1, -0.05) is 35.5 Å². The third-order valence-corrected chi connectivity index (χ3v) is 8.32. The summed E-state index contributed by atoms with van der Waals surface area (Å²) in [6, 6.07) is 5.76. The lowest BCUT2D eigenvalue weighted by Crippen LogP contribution is -2.33. The molecule has 2 aliphatic carbocycles. The monoisotopic (exact) mass is 614 g/mol. The van der Waals surface area contributed by atoms with Crippen LogP contribution in [0.1, 0.15) is 35.2 Å². The van der Waals surface area contributed by atoms with E-state index in [1.54, 1.807) is 6.26 Å². The minimum Gasteiger partial charge on any atom is -0.355 e. The molecule has 18 heteroatoms. The van der Waals surface area contributed by atoms with Gasteiger partial charge in [0.05, 0.1) is 5.69 Å². The van der Waals surface area contributed by atoms with Crippen LogP contribution in [0.15, 0.2) is 23.4 Å². The summed E-state index contributed by atoms with van der Waals surface area (Å²) in [5.74, 6) is -0.532. The van der Waals surface area contributed by atoms with Gasteiger partial charge in [-0.15, -0.1) is 0 Å². The number of fused-ring (bicyclic) bond motifs is 3. The first-order valence-corrected chi connectivity index (χ1v) is 14.5. The van der Waals surface area contributed by atoms with Gasteiger partial charge in [-0.3, -0.25) is 4.55 Å². The van der Waals surface area contributed by atoms with Gasteiger partial charge in [0.15, 0.2) is 5.16 Å². The molecule has 1 unspecified atom stereocenters. The second-order valence-corrected chi connectivity index (χ2v) is 12.2. The number of halogens is 7. The van der Waals surface area contributed by atoms with Crippen LogP contribution in [0.5, 0.6) is 5.88 Å². The molecule has 37 heavy (non-hydrogen) atoms. The Bertz CT molecular complexity index is 1420. The van der Waals surface area contributed by atoms with Crippen molar-refractivity contribution in [2.24, 2.45) is 0 Å². The third kappa shape index (κ3) is 6.10. The highest BCUT2D eigenvalue weighted by molar-refractivity contribution is 7.98. The first-order chi connectivity index (χ1) is 16.8. The minimum atomic E-state index is -5.84. The molecule has 1 atom stereocenters. The molecule has 0 saturated carbocycles. The minimum absolute atomic E-state index is 0.164. The van der Waals surface area contributed by atoms with Crippen molar-refractivity contribution >= 4 is 43.6 Å². The van der Waals surface area contributed by atoms with E-state index < -0.39 is 37.1 Å². The molecule has 1 aromatic carbocycles. The lowest BCUT2D eigenvalue weighted by atomic mass is 9.69. The van der Waals surface area contributed by atoms with Gasteiger partial charge in [0.1, 0.15) is 0 Å². The van der Waals surface area contributed by atoms with Crippen molar-refractivity contribution in [1.82, 2.24) is 9.97 Å². The Kier molecular flexibility index (Phi) is 8.08. The van der Waals surface area contributed by atoms with Gasteiger partial charge in [-0.05, 0) is 55.6 Å². The van der Waals surface area contributed by atoms with E-state index in [4.69, 9.17) is 24.6 Å². The molecule has 1 aromatic heterocycles. The summed E-state index contributed by atoms with van der Waals surface area (Å²) in [5.41, 5.74) is -8.23. The van der Waals surface area contributed by atoms with Gasteiger partial charge >= 0.3 is 31.3 Å². The fourth-order valence-electron chi connectivity index (χ4n) is 4.22. The molecule has 0 bridgehead atoms. The van der Waals surface area contributed by atoms with Gasteiger partial charge in [-0.25, -0.2) is 4.98 Å². The molecular formula is C19H17ClF6N2O6S3. The molecular weight excluding hydrogens is 598 g/mol. The van der Waals surface area contributed by atoms with Crippen molar-refractivity contribution in [3.05, 3.63) is 45.6 Å². The van der Waals surface area contributed by atoms with Crippen molar-refractivity contribution in [1.29, 1.82) is 0 Å². The molecule has 8 nitrogen and oxygen atoms in total.